The lowest BCUT2D eigenvalue weighted by atomic mass is 10.0. The molecule has 1 aromatic heterocycles. The van der Waals surface area contributed by atoms with Crippen molar-refractivity contribution in [1.82, 2.24) is 15.1 Å². The Morgan fingerprint density at radius 1 is 1.32 bits per heavy atom. The summed E-state index contributed by atoms with van der Waals surface area (Å²) in [5.41, 5.74) is 1.42. The van der Waals surface area contributed by atoms with Crippen LogP contribution >= 0.6 is 0 Å². The van der Waals surface area contributed by atoms with Gasteiger partial charge >= 0.3 is 0 Å². The molecule has 0 aliphatic heterocycles. The van der Waals surface area contributed by atoms with Crippen molar-refractivity contribution in [2.45, 2.75) is 32.7 Å². The molecule has 0 bridgehead atoms. The molecule has 19 heavy (non-hydrogen) atoms. The maximum Gasteiger partial charge on any atom is 0.251 e. The fourth-order valence-corrected chi connectivity index (χ4v) is 1.65. The molecule has 1 N–H and O–H groups in total. The van der Waals surface area contributed by atoms with Crippen LogP contribution in [0.5, 0.6) is 0 Å². The van der Waals surface area contributed by atoms with Gasteiger partial charge in [0, 0.05) is 23.5 Å². The highest BCUT2D eigenvalue weighted by Gasteiger charge is 2.18. The molecule has 2 rings (SSSR count). The molecule has 4 nitrogen and oxygen atoms in total. The third-order valence-electron chi connectivity index (χ3n) is 3.23. The fourth-order valence-electron chi connectivity index (χ4n) is 1.65. The van der Waals surface area contributed by atoms with Crippen LogP contribution in [0.2, 0.25) is 0 Å². The number of hydrogen-bond acceptors (Lipinski definition) is 2. The summed E-state index contributed by atoms with van der Waals surface area (Å²) in [7, 11) is 0. The Morgan fingerprint density at radius 2 is 2.00 bits per heavy atom. The van der Waals surface area contributed by atoms with Gasteiger partial charge in [0.05, 0.1) is 5.69 Å². The van der Waals surface area contributed by atoms with E-state index in [-0.39, 0.29) is 11.4 Å². The lowest BCUT2D eigenvalue weighted by molar-refractivity contribution is 0.0911. The number of aromatic nitrogens is 2. The Balaban J connectivity index is 2.13. The number of carbonyl (C=O) groups is 1. The molecule has 0 unspecified atom stereocenters. The van der Waals surface area contributed by atoms with E-state index in [4.69, 9.17) is 0 Å². The minimum atomic E-state index is -0.183. The Morgan fingerprint density at radius 3 is 2.53 bits per heavy atom. The van der Waals surface area contributed by atoms with Gasteiger partial charge in [-0.25, -0.2) is 4.68 Å². The van der Waals surface area contributed by atoms with Crippen LogP contribution < -0.4 is 5.32 Å². The number of benzene rings is 1. The average molecular weight is 257 g/mol. The van der Waals surface area contributed by atoms with Crippen molar-refractivity contribution >= 4 is 5.91 Å². The summed E-state index contributed by atoms with van der Waals surface area (Å²) in [6, 6.07) is 9.28. The zero-order valence-electron chi connectivity index (χ0n) is 11.6. The normalized spacial score (nSPS) is 11.3. The van der Waals surface area contributed by atoms with Gasteiger partial charge in [-0.3, -0.25) is 4.79 Å². The zero-order valence-corrected chi connectivity index (χ0v) is 11.6. The van der Waals surface area contributed by atoms with Crippen LogP contribution in [0, 0.1) is 0 Å². The second-order valence-corrected chi connectivity index (χ2v) is 5.19. The van der Waals surface area contributed by atoms with Crippen molar-refractivity contribution in [3.05, 3.63) is 48.3 Å². The van der Waals surface area contributed by atoms with E-state index < -0.39 is 0 Å². The fraction of sp³-hybridized carbons (Fsp3) is 0.333. The SMILES string of the molecule is CCC(C)(C)NC(=O)c1ccc(-n2cccn2)cc1. The van der Waals surface area contributed by atoms with E-state index in [1.807, 2.05) is 50.4 Å². The topological polar surface area (TPSA) is 46.9 Å². The summed E-state index contributed by atoms with van der Waals surface area (Å²) in [6.45, 7) is 6.09. The van der Waals surface area contributed by atoms with Crippen LogP contribution in [0.25, 0.3) is 5.69 Å². The van der Waals surface area contributed by atoms with Gasteiger partial charge in [0.15, 0.2) is 0 Å². The predicted octanol–water partition coefficient (Wildman–Crippen LogP) is 2.79. The van der Waals surface area contributed by atoms with Gasteiger partial charge in [-0.1, -0.05) is 6.92 Å². The molecule has 0 spiro atoms. The molecule has 0 radical (unpaired) electrons. The predicted molar refractivity (Wildman–Crippen MR) is 75.4 cm³/mol. The van der Waals surface area contributed by atoms with Gasteiger partial charge < -0.3 is 5.32 Å². The van der Waals surface area contributed by atoms with Crippen LogP contribution in [0.3, 0.4) is 0 Å². The maximum atomic E-state index is 12.1. The summed E-state index contributed by atoms with van der Waals surface area (Å²) in [5.74, 6) is -0.0427. The van der Waals surface area contributed by atoms with Crippen molar-refractivity contribution in [1.29, 1.82) is 0 Å². The second-order valence-electron chi connectivity index (χ2n) is 5.19. The Hall–Kier alpha value is -2.10. The minimum Gasteiger partial charge on any atom is -0.347 e. The van der Waals surface area contributed by atoms with Gasteiger partial charge in [-0.05, 0) is 50.6 Å². The molecule has 0 atom stereocenters. The maximum absolute atomic E-state index is 12.1. The Kier molecular flexibility index (Phi) is 3.69. The number of nitrogens with one attached hydrogen (secondary N) is 1. The number of hydrogen-bond donors (Lipinski definition) is 1. The molecule has 100 valence electrons. The molecule has 0 saturated carbocycles. The van der Waals surface area contributed by atoms with Crippen LogP contribution in [-0.4, -0.2) is 21.2 Å². The Bertz CT molecular complexity index is 541. The van der Waals surface area contributed by atoms with Crippen molar-refractivity contribution in [2.75, 3.05) is 0 Å². The van der Waals surface area contributed by atoms with E-state index in [0.717, 1.165) is 12.1 Å². The number of rotatable bonds is 4. The first kappa shape index (κ1) is 13.3. The minimum absolute atomic E-state index is 0.0427. The van der Waals surface area contributed by atoms with Gasteiger partial charge in [-0.15, -0.1) is 0 Å². The standard InChI is InChI=1S/C15H19N3O/c1-4-15(2,3)17-14(19)12-6-8-13(9-7-12)18-11-5-10-16-18/h5-11H,4H2,1-3H3,(H,17,19). The average Bonchev–Trinajstić information content (AvgIpc) is 2.92. The van der Waals surface area contributed by atoms with E-state index in [0.29, 0.717) is 5.56 Å². The first-order valence-corrected chi connectivity index (χ1v) is 6.44. The molecule has 1 heterocycles. The largest absolute Gasteiger partial charge is 0.347 e. The van der Waals surface area contributed by atoms with Gasteiger partial charge in [0.25, 0.3) is 5.91 Å². The molecule has 4 heteroatoms. The smallest absolute Gasteiger partial charge is 0.251 e. The zero-order chi connectivity index (χ0) is 13.9. The summed E-state index contributed by atoms with van der Waals surface area (Å²) < 4.78 is 1.76. The summed E-state index contributed by atoms with van der Waals surface area (Å²) >= 11 is 0. The molecular formula is C15H19N3O. The summed E-state index contributed by atoms with van der Waals surface area (Å²) in [6.07, 6.45) is 4.49. The first-order chi connectivity index (χ1) is 9.02. The molecule has 0 aliphatic carbocycles. The first-order valence-electron chi connectivity index (χ1n) is 6.44. The molecular weight excluding hydrogens is 238 g/mol. The third-order valence-corrected chi connectivity index (χ3v) is 3.23. The van der Waals surface area contributed by atoms with Crippen LogP contribution in [0.1, 0.15) is 37.6 Å². The lowest BCUT2D eigenvalue weighted by Crippen LogP contribution is -2.42. The highest BCUT2D eigenvalue weighted by Crippen LogP contribution is 2.12. The van der Waals surface area contributed by atoms with Gasteiger partial charge in [0.1, 0.15) is 0 Å². The second kappa shape index (κ2) is 5.26. The molecule has 0 fully saturated rings. The number of carbonyl (C=O) groups excluding carboxylic acids is 1. The third kappa shape index (κ3) is 3.22. The van der Waals surface area contributed by atoms with Gasteiger partial charge in [0.2, 0.25) is 0 Å². The molecule has 1 aromatic carbocycles. The highest BCUT2D eigenvalue weighted by atomic mass is 16.1. The van der Waals surface area contributed by atoms with Crippen LogP contribution in [0.15, 0.2) is 42.7 Å². The number of amides is 1. The Labute approximate surface area is 113 Å². The van der Waals surface area contributed by atoms with Gasteiger partial charge in [-0.2, -0.15) is 5.10 Å². The molecule has 0 aliphatic rings. The number of nitrogens with zero attached hydrogens (tertiary/aromatic N) is 2. The quantitative estimate of drug-likeness (QED) is 0.915. The molecule has 0 saturated heterocycles. The van der Waals surface area contributed by atoms with Crippen molar-refractivity contribution in [3.63, 3.8) is 0 Å². The molecule has 1 amide bonds. The van der Waals surface area contributed by atoms with E-state index >= 15 is 0 Å². The van der Waals surface area contributed by atoms with Crippen LogP contribution in [0.4, 0.5) is 0 Å². The summed E-state index contributed by atoms with van der Waals surface area (Å²) in [4.78, 5) is 12.1. The van der Waals surface area contributed by atoms with Crippen molar-refractivity contribution in [3.8, 4) is 5.69 Å². The van der Waals surface area contributed by atoms with Crippen molar-refractivity contribution < 1.29 is 4.79 Å². The van der Waals surface area contributed by atoms with E-state index in [1.54, 1.807) is 10.9 Å². The van der Waals surface area contributed by atoms with E-state index in [2.05, 4.69) is 17.3 Å². The van der Waals surface area contributed by atoms with Crippen LogP contribution in [-0.2, 0) is 0 Å². The van der Waals surface area contributed by atoms with Crippen molar-refractivity contribution in [2.24, 2.45) is 0 Å². The summed E-state index contributed by atoms with van der Waals surface area (Å²) in [5, 5.41) is 7.16. The van der Waals surface area contributed by atoms with E-state index in [9.17, 15) is 4.79 Å². The monoisotopic (exact) mass is 257 g/mol. The molecule has 2 aromatic rings. The highest BCUT2D eigenvalue weighted by molar-refractivity contribution is 5.94. The lowest BCUT2D eigenvalue weighted by Gasteiger charge is -2.24. The van der Waals surface area contributed by atoms with E-state index in [1.165, 1.54) is 0 Å².